The Morgan fingerprint density at radius 1 is 1.08 bits per heavy atom. The lowest BCUT2D eigenvalue weighted by atomic mass is 10.2. The van der Waals surface area contributed by atoms with Crippen molar-refractivity contribution in [1.29, 1.82) is 0 Å². The highest BCUT2D eigenvalue weighted by Crippen LogP contribution is 2.23. The molecule has 2 aromatic carbocycles. The van der Waals surface area contributed by atoms with Crippen LogP contribution in [0.1, 0.15) is 5.56 Å². The summed E-state index contributed by atoms with van der Waals surface area (Å²) in [5.41, 5.74) is 4.37. The highest BCUT2D eigenvalue weighted by atomic mass is 16.5. The summed E-state index contributed by atoms with van der Waals surface area (Å²) in [6.45, 7) is 4.03. The van der Waals surface area contributed by atoms with E-state index in [0.29, 0.717) is 6.54 Å². The number of rotatable bonds is 4. The number of fused-ring (bicyclic) bond motifs is 1. The van der Waals surface area contributed by atoms with Gasteiger partial charge in [-0.1, -0.05) is 24.1 Å². The van der Waals surface area contributed by atoms with Crippen LogP contribution < -0.4 is 4.90 Å². The van der Waals surface area contributed by atoms with Gasteiger partial charge in [0, 0.05) is 47.7 Å². The maximum absolute atomic E-state index is 5.49. The summed E-state index contributed by atoms with van der Waals surface area (Å²) >= 11 is 0. The molecule has 0 bridgehead atoms. The second kappa shape index (κ2) is 7.47. The number of hydrogen-bond acceptors (Lipinski definition) is 3. The Morgan fingerprint density at radius 3 is 2.62 bits per heavy atom. The second-order valence-electron chi connectivity index (χ2n) is 6.31. The number of para-hydroxylation sites is 1. The van der Waals surface area contributed by atoms with Crippen LogP contribution in [0.2, 0.25) is 0 Å². The summed E-state index contributed by atoms with van der Waals surface area (Å²) in [6, 6.07) is 16.6. The summed E-state index contributed by atoms with van der Waals surface area (Å²) in [5, 5.41) is 1.16. The minimum atomic E-state index is 0.558. The molecule has 1 aliphatic rings. The van der Waals surface area contributed by atoms with Crippen LogP contribution in [0.4, 0.5) is 11.4 Å². The molecule has 0 unspecified atom stereocenters. The zero-order valence-electron chi connectivity index (χ0n) is 14.6. The zero-order valence-corrected chi connectivity index (χ0v) is 14.6. The van der Waals surface area contributed by atoms with E-state index in [0.717, 1.165) is 48.5 Å². The third-order valence-electron chi connectivity index (χ3n) is 4.66. The number of morpholine rings is 1. The average Bonchev–Trinajstić information content (AvgIpc) is 3.06. The first-order valence-electron chi connectivity index (χ1n) is 8.83. The van der Waals surface area contributed by atoms with E-state index in [1.807, 2.05) is 18.3 Å². The van der Waals surface area contributed by atoms with Gasteiger partial charge in [0.05, 0.1) is 25.4 Å². The summed E-state index contributed by atoms with van der Waals surface area (Å²) < 4.78 is 7.49. The fourth-order valence-electron chi connectivity index (χ4n) is 3.32. The zero-order chi connectivity index (χ0) is 17.8. The van der Waals surface area contributed by atoms with Crippen LogP contribution in [0.3, 0.4) is 0 Å². The van der Waals surface area contributed by atoms with Crippen molar-refractivity contribution in [1.82, 2.24) is 4.57 Å². The number of benzene rings is 2. The van der Waals surface area contributed by atoms with E-state index in [1.54, 1.807) is 0 Å². The van der Waals surface area contributed by atoms with Gasteiger partial charge in [-0.2, -0.15) is 0 Å². The molecule has 2 heterocycles. The molecule has 1 saturated heterocycles. The molecule has 4 nitrogen and oxygen atoms in total. The molecule has 130 valence electrons. The summed E-state index contributed by atoms with van der Waals surface area (Å²) in [6.07, 6.45) is 9.47. The van der Waals surface area contributed by atoms with E-state index in [2.05, 4.69) is 63.0 Å². The monoisotopic (exact) mass is 343 g/mol. The van der Waals surface area contributed by atoms with Gasteiger partial charge in [0.2, 0.25) is 0 Å². The Kier molecular flexibility index (Phi) is 4.72. The minimum Gasteiger partial charge on any atom is -0.378 e. The van der Waals surface area contributed by atoms with Crippen molar-refractivity contribution in [3.05, 3.63) is 60.3 Å². The molecule has 0 N–H and O–H groups in total. The molecule has 1 fully saturated rings. The van der Waals surface area contributed by atoms with Gasteiger partial charge in [-0.25, -0.2) is 0 Å². The van der Waals surface area contributed by atoms with Crippen LogP contribution in [0.5, 0.6) is 0 Å². The van der Waals surface area contributed by atoms with Gasteiger partial charge >= 0.3 is 0 Å². The molecular formula is C22H21N3O. The van der Waals surface area contributed by atoms with Crippen molar-refractivity contribution in [2.75, 3.05) is 31.2 Å². The first-order chi connectivity index (χ1) is 12.8. The van der Waals surface area contributed by atoms with Crippen molar-refractivity contribution in [2.45, 2.75) is 6.54 Å². The molecule has 1 aromatic heterocycles. The molecule has 4 heteroatoms. The SMILES string of the molecule is C#CCn1cc(C=Nc2ccc(N3CCOCC3)cc2)c2ccccc21. The first kappa shape index (κ1) is 16.4. The Balaban J connectivity index is 1.56. The lowest BCUT2D eigenvalue weighted by Gasteiger charge is -2.28. The second-order valence-corrected chi connectivity index (χ2v) is 6.31. The molecule has 0 spiro atoms. The van der Waals surface area contributed by atoms with Crippen LogP contribution in [0.15, 0.2) is 59.7 Å². The number of aliphatic imine (C=N–C) groups is 1. The van der Waals surface area contributed by atoms with Crippen molar-refractivity contribution in [3.63, 3.8) is 0 Å². The van der Waals surface area contributed by atoms with E-state index in [9.17, 15) is 0 Å². The van der Waals surface area contributed by atoms with Gasteiger partial charge in [-0.15, -0.1) is 6.42 Å². The van der Waals surface area contributed by atoms with E-state index in [1.165, 1.54) is 5.69 Å². The standard InChI is InChI=1S/C22H21N3O/c1-2-11-25-17-18(21-5-3-4-6-22(21)25)16-23-19-7-9-20(10-8-19)24-12-14-26-15-13-24/h1,3-10,16-17H,11-15H2. The van der Waals surface area contributed by atoms with Crippen molar-refractivity contribution < 1.29 is 4.74 Å². The van der Waals surface area contributed by atoms with E-state index in [4.69, 9.17) is 11.2 Å². The topological polar surface area (TPSA) is 29.8 Å². The molecule has 0 radical (unpaired) electrons. The van der Waals surface area contributed by atoms with Gasteiger partial charge in [0.15, 0.2) is 0 Å². The van der Waals surface area contributed by atoms with Gasteiger partial charge < -0.3 is 14.2 Å². The minimum absolute atomic E-state index is 0.558. The van der Waals surface area contributed by atoms with E-state index >= 15 is 0 Å². The van der Waals surface area contributed by atoms with E-state index in [-0.39, 0.29) is 0 Å². The van der Waals surface area contributed by atoms with Crippen molar-refractivity contribution in [3.8, 4) is 12.3 Å². The largest absolute Gasteiger partial charge is 0.378 e. The van der Waals surface area contributed by atoms with Gasteiger partial charge in [-0.05, 0) is 30.3 Å². The van der Waals surface area contributed by atoms with Crippen LogP contribution >= 0.6 is 0 Å². The highest BCUT2D eigenvalue weighted by Gasteiger charge is 2.10. The Labute approximate surface area is 153 Å². The van der Waals surface area contributed by atoms with E-state index < -0.39 is 0 Å². The number of hydrogen-bond donors (Lipinski definition) is 0. The van der Waals surface area contributed by atoms with Crippen LogP contribution in [-0.2, 0) is 11.3 Å². The van der Waals surface area contributed by atoms with Crippen LogP contribution in [0, 0.1) is 12.3 Å². The fourth-order valence-corrected chi connectivity index (χ4v) is 3.32. The molecule has 0 aliphatic carbocycles. The molecule has 26 heavy (non-hydrogen) atoms. The Morgan fingerprint density at radius 2 is 1.85 bits per heavy atom. The third-order valence-corrected chi connectivity index (χ3v) is 4.66. The Hall–Kier alpha value is -3.03. The molecule has 0 atom stereocenters. The molecule has 0 saturated carbocycles. The van der Waals surface area contributed by atoms with Crippen molar-refractivity contribution >= 4 is 28.5 Å². The lowest BCUT2D eigenvalue weighted by molar-refractivity contribution is 0.122. The number of ether oxygens (including phenoxy) is 1. The van der Waals surface area contributed by atoms with Gasteiger partial charge in [0.25, 0.3) is 0 Å². The van der Waals surface area contributed by atoms with Crippen molar-refractivity contribution in [2.24, 2.45) is 4.99 Å². The summed E-state index contributed by atoms with van der Waals surface area (Å²) in [7, 11) is 0. The molecule has 4 rings (SSSR count). The number of nitrogens with zero attached hydrogens (tertiary/aromatic N) is 3. The third kappa shape index (κ3) is 3.35. The van der Waals surface area contributed by atoms with Gasteiger partial charge in [-0.3, -0.25) is 4.99 Å². The van der Waals surface area contributed by atoms with Crippen LogP contribution in [-0.4, -0.2) is 37.1 Å². The molecule has 0 amide bonds. The maximum Gasteiger partial charge on any atom is 0.0835 e. The summed E-state index contributed by atoms with van der Waals surface area (Å²) in [5.74, 6) is 2.71. The first-order valence-corrected chi connectivity index (χ1v) is 8.83. The molecule has 3 aromatic rings. The average molecular weight is 343 g/mol. The Bertz CT molecular complexity index is 957. The maximum atomic E-state index is 5.49. The smallest absolute Gasteiger partial charge is 0.0835 e. The number of anilines is 1. The summed E-state index contributed by atoms with van der Waals surface area (Å²) in [4.78, 5) is 6.99. The lowest BCUT2D eigenvalue weighted by Crippen LogP contribution is -2.36. The molecule has 1 aliphatic heterocycles. The normalized spacial score (nSPS) is 14.8. The fraction of sp³-hybridized carbons (Fsp3) is 0.227. The highest BCUT2D eigenvalue weighted by molar-refractivity contribution is 6.00. The quantitative estimate of drug-likeness (QED) is 0.532. The number of terminal acetylenes is 1. The predicted octanol–water partition coefficient (Wildman–Crippen LogP) is 3.86. The number of aromatic nitrogens is 1. The van der Waals surface area contributed by atoms with Crippen LogP contribution in [0.25, 0.3) is 10.9 Å². The van der Waals surface area contributed by atoms with Gasteiger partial charge in [0.1, 0.15) is 0 Å². The molecular weight excluding hydrogens is 322 g/mol. The predicted molar refractivity (Wildman–Crippen MR) is 107 cm³/mol.